The fraction of sp³-hybridized carbons (Fsp3) is 0.0833. The van der Waals surface area contributed by atoms with Crippen LogP contribution in [0.2, 0.25) is 5.02 Å². The van der Waals surface area contributed by atoms with Gasteiger partial charge < -0.3 is 9.72 Å². The lowest BCUT2D eigenvalue weighted by Crippen LogP contribution is -2.05. The van der Waals surface area contributed by atoms with Crippen molar-refractivity contribution in [2.24, 2.45) is 0 Å². The second-order valence-electron chi connectivity index (χ2n) is 3.41. The van der Waals surface area contributed by atoms with Crippen molar-refractivity contribution in [3.05, 3.63) is 63.3 Å². The number of rotatable bonds is 3. The Kier molecular flexibility index (Phi) is 3.44. The molecule has 1 heterocycles. The molecule has 1 aromatic heterocycles. The quantitative estimate of drug-likeness (QED) is 0.914. The highest BCUT2D eigenvalue weighted by Gasteiger charge is 2.04. The van der Waals surface area contributed by atoms with Gasteiger partial charge in [-0.1, -0.05) is 11.6 Å². The van der Waals surface area contributed by atoms with Crippen LogP contribution in [0.3, 0.4) is 0 Å². The van der Waals surface area contributed by atoms with Gasteiger partial charge in [0.2, 0.25) is 0 Å². The number of ether oxygens (including phenoxy) is 1. The van der Waals surface area contributed by atoms with Gasteiger partial charge in [-0.15, -0.1) is 0 Å². The van der Waals surface area contributed by atoms with E-state index in [0.29, 0.717) is 10.7 Å². The van der Waals surface area contributed by atoms with Crippen molar-refractivity contribution in [1.29, 1.82) is 0 Å². The molecule has 1 aromatic carbocycles. The van der Waals surface area contributed by atoms with Crippen LogP contribution in [-0.2, 0) is 6.61 Å². The predicted molar refractivity (Wildman–Crippen MR) is 62.8 cm³/mol. The van der Waals surface area contributed by atoms with Crippen LogP contribution in [-0.4, -0.2) is 4.98 Å². The number of hydrogen-bond donors (Lipinski definition) is 1. The van der Waals surface area contributed by atoms with E-state index in [1.54, 1.807) is 0 Å². The zero-order chi connectivity index (χ0) is 12.3. The maximum absolute atomic E-state index is 13.4. The van der Waals surface area contributed by atoms with Gasteiger partial charge in [0.25, 0.3) is 0 Å². The minimum absolute atomic E-state index is 0.0919. The average molecular weight is 254 g/mol. The molecular weight excluding hydrogens is 245 g/mol. The van der Waals surface area contributed by atoms with E-state index in [1.807, 2.05) is 0 Å². The van der Waals surface area contributed by atoms with E-state index in [9.17, 15) is 9.18 Å². The van der Waals surface area contributed by atoms with Gasteiger partial charge in [-0.25, -0.2) is 4.39 Å². The first kappa shape index (κ1) is 11.7. The van der Waals surface area contributed by atoms with Gasteiger partial charge in [-0.3, -0.25) is 4.79 Å². The Morgan fingerprint density at radius 1 is 1.29 bits per heavy atom. The lowest BCUT2D eigenvalue weighted by Gasteiger charge is -2.07. The Bertz CT molecular complexity index is 583. The van der Waals surface area contributed by atoms with Crippen LogP contribution in [0.25, 0.3) is 0 Å². The van der Waals surface area contributed by atoms with Crippen molar-refractivity contribution in [3.63, 3.8) is 0 Å². The van der Waals surface area contributed by atoms with Crippen molar-refractivity contribution in [3.8, 4) is 5.75 Å². The van der Waals surface area contributed by atoms with Crippen LogP contribution in [0.4, 0.5) is 4.39 Å². The molecule has 0 aliphatic heterocycles. The molecule has 1 N–H and O–H groups in total. The molecule has 3 nitrogen and oxygen atoms in total. The molecule has 0 radical (unpaired) electrons. The maximum Gasteiger partial charge on any atom is 0.181 e. The molecule has 2 rings (SSSR count). The second kappa shape index (κ2) is 5.01. The standard InChI is InChI=1S/C12H9ClFNO2/c13-8-1-2-12(11(14)5-8)17-7-9-6-10(16)3-4-15-9/h1-6H,7H2,(H,15,16). The number of aromatic nitrogens is 1. The van der Waals surface area contributed by atoms with E-state index < -0.39 is 5.82 Å². The fourth-order valence-corrected chi connectivity index (χ4v) is 1.48. The first-order valence-electron chi connectivity index (χ1n) is 4.90. The molecule has 17 heavy (non-hydrogen) atoms. The summed E-state index contributed by atoms with van der Waals surface area (Å²) in [7, 11) is 0. The highest BCUT2D eigenvalue weighted by Crippen LogP contribution is 2.21. The normalized spacial score (nSPS) is 10.2. The predicted octanol–water partition coefficient (Wildman–Crippen LogP) is 2.75. The van der Waals surface area contributed by atoms with Gasteiger partial charge in [0.1, 0.15) is 6.61 Å². The molecule has 0 aliphatic rings. The lowest BCUT2D eigenvalue weighted by atomic mass is 10.3. The SMILES string of the molecule is O=c1cc[nH]c(COc2ccc(Cl)cc2F)c1. The van der Waals surface area contributed by atoms with Gasteiger partial charge in [0.05, 0.1) is 5.69 Å². The minimum atomic E-state index is -0.532. The molecule has 0 aliphatic carbocycles. The highest BCUT2D eigenvalue weighted by atomic mass is 35.5. The Labute approximate surface area is 102 Å². The van der Waals surface area contributed by atoms with Gasteiger partial charge in [0, 0.05) is 23.4 Å². The number of H-pyrrole nitrogens is 1. The number of hydrogen-bond acceptors (Lipinski definition) is 2. The molecule has 0 fully saturated rings. The highest BCUT2D eigenvalue weighted by molar-refractivity contribution is 6.30. The largest absolute Gasteiger partial charge is 0.484 e. The number of pyridine rings is 1. The van der Waals surface area contributed by atoms with Crippen LogP contribution < -0.4 is 10.2 Å². The molecule has 2 aromatic rings. The zero-order valence-corrected chi connectivity index (χ0v) is 9.50. The third kappa shape index (κ3) is 3.07. The number of halogens is 2. The fourth-order valence-electron chi connectivity index (χ4n) is 1.32. The van der Waals surface area contributed by atoms with Crippen LogP contribution in [0.15, 0.2) is 41.3 Å². The summed E-state index contributed by atoms with van der Waals surface area (Å²) >= 11 is 5.61. The monoisotopic (exact) mass is 253 g/mol. The summed E-state index contributed by atoms with van der Waals surface area (Å²) in [4.78, 5) is 13.9. The van der Waals surface area contributed by atoms with Crippen molar-refractivity contribution in [1.82, 2.24) is 4.98 Å². The third-order valence-electron chi connectivity index (χ3n) is 2.11. The molecule has 5 heteroatoms. The van der Waals surface area contributed by atoms with Gasteiger partial charge in [0.15, 0.2) is 17.0 Å². The number of aromatic amines is 1. The molecular formula is C12H9ClFNO2. The van der Waals surface area contributed by atoms with Crippen molar-refractivity contribution in [2.75, 3.05) is 0 Å². The summed E-state index contributed by atoms with van der Waals surface area (Å²) in [5.41, 5.74) is 0.450. The first-order chi connectivity index (χ1) is 8.15. The van der Waals surface area contributed by atoms with Crippen LogP contribution in [0.5, 0.6) is 5.75 Å². The molecule has 0 amide bonds. The van der Waals surface area contributed by atoms with Gasteiger partial charge in [-0.05, 0) is 18.2 Å². The minimum Gasteiger partial charge on any atom is -0.484 e. The number of benzene rings is 1. The van der Waals surface area contributed by atoms with E-state index in [1.165, 1.54) is 36.5 Å². The molecule has 0 saturated heterocycles. The zero-order valence-electron chi connectivity index (χ0n) is 8.74. The van der Waals surface area contributed by atoms with E-state index in [-0.39, 0.29) is 17.8 Å². The smallest absolute Gasteiger partial charge is 0.181 e. The first-order valence-corrected chi connectivity index (χ1v) is 5.28. The van der Waals surface area contributed by atoms with E-state index >= 15 is 0 Å². The Balaban J connectivity index is 2.10. The summed E-state index contributed by atoms with van der Waals surface area (Å²) in [6.07, 6.45) is 1.51. The average Bonchev–Trinajstić information content (AvgIpc) is 2.28. The van der Waals surface area contributed by atoms with Crippen molar-refractivity contribution in [2.45, 2.75) is 6.61 Å². The molecule has 0 saturated carbocycles. The summed E-state index contributed by atoms with van der Waals surface area (Å²) < 4.78 is 18.6. The van der Waals surface area contributed by atoms with Crippen LogP contribution >= 0.6 is 11.6 Å². The molecule has 88 valence electrons. The summed E-state index contributed by atoms with van der Waals surface area (Å²) in [5.74, 6) is -0.435. The van der Waals surface area contributed by atoms with E-state index in [2.05, 4.69) is 4.98 Å². The topological polar surface area (TPSA) is 42.1 Å². The van der Waals surface area contributed by atoms with Crippen LogP contribution in [0.1, 0.15) is 5.69 Å². The third-order valence-corrected chi connectivity index (χ3v) is 2.35. The maximum atomic E-state index is 13.4. The summed E-state index contributed by atoms with van der Waals surface area (Å²) in [5, 5.41) is 0.308. The molecule has 0 spiro atoms. The molecule has 0 atom stereocenters. The molecule has 0 bridgehead atoms. The summed E-state index contributed by atoms with van der Waals surface area (Å²) in [6, 6.07) is 6.94. The Hall–Kier alpha value is -1.81. The molecule has 0 unspecified atom stereocenters. The van der Waals surface area contributed by atoms with Gasteiger partial charge in [-0.2, -0.15) is 0 Å². The van der Waals surface area contributed by atoms with Gasteiger partial charge >= 0.3 is 0 Å². The van der Waals surface area contributed by atoms with Crippen LogP contribution in [0, 0.1) is 5.82 Å². The summed E-state index contributed by atoms with van der Waals surface area (Å²) in [6.45, 7) is 0.0919. The Morgan fingerprint density at radius 3 is 2.82 bits per heavy atom. The van der Waals surface area contributed by atoms with Crippen molar-refractivity contribution >= 4 is 11.6 Å². The lowest BCUT2D eigenvalue weighted by molar-refractivity contribution is 0.286. The Morgan fingerprint density at radius 2 is 2.12 bits per heavy atom. The second-order valence-corrected chi connectivity index (χ2v) is 3.85. The number of nitrogens with one attached hydrogen (secondary N) is 1. The van der Waals surface area contributed by atoms with Crippen molar-refractivity contribution < 1.29 is 9.13 Å². The van der Waals surface area contributed by atoms with E-state index in [4.69, 9.17) is 16.3 Å². The van der Waals surface area contributed by atoms with E-state index in [0.717, 1.165) is 0 Å².